The third-order valence-electron chi connectivity index (χ3n) is 7.15. The van der Waals surface area contributed by atoms with Crippen molar-refractivity contribution < 1.29 is 14.2 Å². The molecule has 7 heteroatoms. The molecule has 1 unspecified atom stereocenters. The third-order valence-corrected chi connectivity index (χ3v) is 7.46. The molecule has 0 bridgehead atoms. The van der Waals surface area contributed by atoms with Crippen LogP contribution in [-0.4, -0.2) is 47.6 Å². The van der Waals surface area contributed by atoms with Gasteiger partial charge in [0.2, 0.25) is 0 Å². The van der Waals surface area contributed by atoms with Crippen molar-refractivity contribution in [3.8, 4) is 17.1 Å². The highest BCUT2D eigenvalue weighted by Gasteiger charge is 2.29. The first-order valence-corrected chi connectivity index (χ1v) is 13.0. The van der Waals surface area contributed by atoms with Gasteiger partial charge in [0.25, 0.3) is 0 Å². The Hall–Kier alpha value is -2.38. The molecule has 0 spiro atoms. The predicted octanol–water partition coefficient (Wildman–Crippen LogP) is 5.87. The molecule has 1 atom stereocenters. The lowest BCUT2D eigenvalue weighted by Crippen LogP contribution is -2.34. The van der Waals surface area contributed by atoms with Gasteiger partial charge in [0.1, 0.15) is 11.6 Å². The monoisotopic (exact) mass is 495 g/mol. The molecular formula is C28H34ClN3O3. The van der Waals surface area contributed by atoms with E-state index in [-0.39, 0.29) is 6.29 Å². The van der Waals surface area contributed by atoms with E-state index >= 15 is 0 Å². The largest absolute Gasteiger partial charge is 0.497 e. The van der Waals surface area contributed by atoms with Crippen molar-refractivity contribution in [1.82, 2.24) is 14.5 Å². The van der Waals surface area contributed by atoms with Gasteiger partial charge in [-0.1, -0.05) is 61.3 Å². The molecule has 5 rings (SSSR count). The number of aromatic nitrogens is 2. The Kier molecular flexibility index (Phi) is 7.73. The fourth-order valence-electron chi connectivity index (χ4n) is 5.29. The van der Waals surface area contributed by atoms with Gasteiger partial charge < -0.3 is 18.8 Å². The molecule has 186 valence electrons. The summed E-state index contributed by atoms with van der Waals surface area (Å²) in [7, 11) is 1.71. The third kappa shape index (κ3) is 5.26. The lowest BCUT2D eigenvalue weighted by molar-refractivity contribution is -0.0529. The molecule has 0 amide bonds. The second-order valence-corrected chi connectivity index (χ2v) is 9.58. The summed E-state index contributed by atoms with van der Waals surface area (Å²) in [6, 6.07) is 17.2. The van der Waals surface area contributed by atoms with Crippen molar-refractivity contribution in [2.24, 2.45) is 0 Å². The Labute approximate surface area is 212 Å². The number of rotatable bonds is 8. The summed E-state index contributed by atoms with van der Waals surface area (Å²) in [5.41, 5.74) is 4.70. The SMILES string of the molecule is CCc1ccccc1-c1nc(Cl)c(CN2CCCCC2c2ccc(OC)cc2)n1CC1OCCO1. The molecule has 2 aliphatic rings. The smallest absolute Gasteiger partial charge is 0.175 e. The second kappa shape index (κ2) is 11.1. The number of ether oxygens (including phenoxy) is 3. The molecule has 3 aromatic rings. The van der Waals surface area contributed by atoms with Crippen LogP contribution >= 0.6 is 11.6 Å². The molecule has 2 saturated heterocycles. The maximum atomic E-state index is 6.88. The van der Waals surface area contributed by atoms with Gasteiger partial charge in [0.15, 0.2) is 11.4 Å². The van der Waals surface area contributed by atoms with E-state index in [2.05, 4.69) is 52.8 Å². The normalized spacial score (nSPS) is 19.3. The Morgan fingerprint density at radius 1 is 1.06 bits per heavy atom. The Morgan fingerprint density at radius 3 is 2.57 bits per heavy atom. The summed E-state index contributed by atoms with van der Waals surface area (Å²) >= 11 is 6.88. The second-order valence-electron chi connectivity index (χ2n) is 9.22. The van der Waals surface area contributed by atoms with Crippen LogP contribution in [0.4, 0.5) is 0 Å². The molecule has 6 nitrogen and oxygen atoms in total. The summed E-state index contributed by atoms with van der Waals surface area (Å²) in [6.45, 7) is 5.73. The van der Waals surface area contributed by atoms with E-state index in [0.29, 0.717) is 31.0 Å². The molecule has 0 radical (unpaired) electrons. The van der Waals surface area contributed by atoms with Crippen molar-refractivity contribution in [2.45, 2.75) is 58.0 Å². The van der Waals surface area contributed by atoms with Crippen LogP contribution in [0.15, 0.2) is 48.5 Å². The highest BCUT2D eigenvalue weighted by Crippen LogP contribution is 2.36. The fraction of sp³-hybridized carbons (Fsp3) is 0.464. The lowest BCUT2D eigenvalue weighted by Gasteiger charge is -2.36. The molecule has 0 saturated carbocycles. The molecule has 2 fully saturated rings. The number of hydrogen-bond acceptors (Lipinski definition) is 5. The van der Waals surface area contributed by atoms with Crippen LogP contribution in [0.5, 0.6) is 5.75 Å². The number of halogens is 1. The van der Waals surface area contributed by atoms with E-state index in [4.69, 9.17) is 30.8 Å². The average molecular weight is 496 g/mol. The first kappa shape index (κ1) is 24.3. The molecule has 0 N–H and O–H groups in total. The molecule has 1 aromatic heterocycles. The van der Waals surface area contributed by atoms with E-state index in [1.165, 1.54) is 24.0 Å². The number of piperidine rings is 1. The van der Waals surface area contributed by atoms with Crippen LogP contribution in [0.25, 0.3) is 11.4 Å². The van der Waals surface area contributed by atoms with Gasteiger partial charge in [-0.3, -0.25) is 4.90 Å². The minimum Gasteiger partial charge on any atom is -0.497 e. The Morgan fingerprint density at radius 2 is 1.83 bits per heavy atom. The van der Waals surface area contributed by atoms with Crippen LogP contribution in [-0.2, 0) is 29.0 Å². The van der Waals surface area contributed by atoms with Crippen LogP contribution in [0, 0.1) is 0 Å². The van der Waals surface area contributed by atoms with Crippen molar-refractivity contribution in [2.75, 3.05) is 26.9 Å². The van der Waals surface area contributed by atoms with E-state index in [1.807, 2.05) is 12.1 Å². The molecular weight excluding hydrogens is 462 g/mol. The van der Waals surface area contributed by atoms with Gasteiger partial charge in [0, 0.05) is 18.2 Å². The quantitative estimate of drug-likeness (QED) is 0.391. The van der Waals surface area contributed by atoms with E-state index in [1.54, 1.807) is 7.11 Å². The van der Waals surface area contributed by atoms with Gasteiger partial charge in [-0.2, -0.15) is 0 Å². The zero-order valence-electron chi connectivity index (χ0n) is 20.6. The van der Waals surface area contributed by atoms with Crippen molar-refractivity contribution in [1.29, 1.82) is 0 Å². The highest BCUT2D eigenvalue weighted by atomic mass is 35.5. The van der Waals surface area contributed by atoms with Gasteiger partial charge in [-0.05, 0) is 49.1 Å². The maximum Gasteiger partial charge on any atom is 0.175 e. The summed E-state index contributed by atoms with van der Waals surface area (Å²) in [6.07, 6.45) is 4.17. The number of benzene rings is 2. The Balaban J connectivity index is 1.50. The van der Waals surface area contributed by atoms with E-state index in [9.17, 15) is 0 Å². The summed E-state index contributed by atoms with van der Waals surface area (Å²) in [4.78, 5) is 7.43. The average Bonchev–Trinajstić information content (AvgIpc) is 3.53. The van der Waals surface area contributed by atoms with Crippen LogP contribution in [0.2, 0.25) is 5.15 Å². The number of likely N-dealkylation sites (tertiary alicyclic amines) is 1. The molecule has 35 heavy (non-hydrogen) atoms. The molecule has 2 aromatic carbocycles. The van der Waals surface area contributed by atoms with E-state index < -0.39 is 0 Å². The first-order chi connectivity index (χ1) is 17.2. The zero-order chi connectivity index (χ0) is 24.2. The summed E-state index contributed by atoms with van der Waals surface area (Å²) in [5, 5.41) is 0.558. The molecule has 3 heterocycles. The number of aryl methyl sites for hydroxylation is 1. The summed E-state index contributed by atoms with van der Waals surface area (Å²) < 4.78 is 19.3. The lowest BCUT2D eigenvalue weighted by atomic mass is 9.95. The summed E-state index contributed by atoms with van der Waals surface area (Å²) in [5.74, 6) is 1.77. The first-order valence-electron chi connectivity index (χ1n) is 12.6. The number of hydrogen-bond donors (Lipinski definition) is 0. The van der Waals surface area contributed by atoms with Gasteiger partial charge in [-0.25, -0.2) is 4.98 Å². The minimum absolute atomic E-state index is 0.287. The Bertz CT molecular complexity index is 1120. The standard InChI is InChI=1S/C28H34ClN3O3/c1-3-20-8-4-5-9-23(20)28-30-27(29)25(32(28)19-26-34-16-17-35-26)18-31-15-7-6-10-24(31)21-11-13-22(33-2)14-12-21/h4-5,8-9,11-14,24,26H,3,6-7,10,15-19H2,1-2H3. The van der Waals surface area contributed by atoms with Crippen LogP contribution < -0.4 is 4.74 Å². The minimum atomic E-state index is -0.287. The van der Waals surface area contributed by atoms with Crippen molar-refractivity contribution in [3.63, 3.8) is 0 Å². The van der Waals surface area contributed by atoms with E-state index in [0.717, 1.165) is 48.8 Å². The molecule has 0 aliphatic carbocycles. The van der Waals surface area contributed by atoms with Gasteiger partial charge in [-0.15, -0.1) is 0 Å². The van der Waals surface area contributed by atoms with Crippen molar-refractivity contribution >= 4 is 11.6 Å². The van der Waals surface area contributed by atoms with Crippen molar-refractivity contribution in [3.05, 3.63) is 70.5 Å². The molecule has 2 aliphatic heterocycles. The topological polar surface area (TPSA) is 48.8 Å². The highest BCUT2D eigenvalue weighted by molar-refractivity contribution is 6.30. The number of nitrogens with zero attached hydrogens (tertiary/aromatic N) is 3. The maximum absolute atomic E-state index is 6.88. The fourth-order valence-corrected chi connectivity index (χ4v) is 5.54. The number of methoxy groups -OCH3 is 1. The van der Waals surface area contributed by atoms with Gasteiger partial charge in [0.05, 0.1) is 32.6 Å². The predicted molar refractivity (Wildman–Crippen MR) is 138 cm³/mol. The van der Waals surface area contributed by atoms with Gasteiger partial charge >= 0.3 is 0 Å². The van der Waals surface area contributed by atoms with Crippen LogP contribution in [0.3, 0.4) is 0 Å². The van der Waals surface area contributed by atoms with Crippen LogP contribution in [0.1, 0.15) is 49.0 Å². The zero-order valence-corrected chi connectivity index (χ0v) is 21.3. The number of imidazole rings is 1.